The van der Waals surface area contributed by atoms with Crippen LogP contribution in [0.4, 0.5) is 0 Å². The number of hydrogen-bond acceptors (Lipinski definition) is 3. The van der Waals surface area contributed by atoms with E-state index in [2.05, 4.69) is 30.0 Å². The van der Waals surface area contributed by atoms with Crippen molar-refractivity contribution in [2.24, 2.45) is 0 Å². The molecule has 0 radical (unpaired) electrons. The van der Waals surface area contributed by atoms with Gasteiger partial charge in [0.05, 0.1) is 6.07 Å². The van der Waals surface area contributed by atoms with Gasteiger partial charge in [0, 0.05) is 9.75 Å². The lowest BCUT2D eigenvalue weighted by atomic mass is 10.2. The molecule has 2 heterocycles. The van der Waals surface area contributed by atoms with Gasteiger partial charge in [0.2, 0.25) is 0 Å². The third-order valence-electron chi connectivity index (χ3n) is 2.93. The molecule has 80 valence electrons. The molecular formula is C12H16N2S. The van der Waals surface area contributed by atoms with Crippen molar-refractivity contribution < 1.29 is 0 Å². The Kier molecular flexibility index (Phi) is 3.40. The first kappa shape index (κ1) is 10.7. The summed E-state index contributed by atoms with van der Waals surface area (Å²) in [5.74, 6) is 0. The average Bonchev–Trinajstić information content (AvgIpc) is 2.89. The monoisotopic (exact) mass is 220 g/mol. The van der Waals surface area contributed by atoms with E-state index in [1.54, 1.807) is 11.3 Å². The van der Waals surface area contributed by atoms with Gasteiger partial charge in [0.1, 0.15) is 6.04 Å². The van der Waals surface area contributed by atoms with Crippen LogP contribution in [0, 0.1) is 11.3 Å². The number of likely N-dealkylation sites (tertiary alicyclic amines) is 1. The molecule has 0 bridgehead atoms. The highest BCUT2D eigenvalue weighted by atomic mass is 32.1. The lowest BCUT2D eigenvalue weighted by Crippen LogP contribution is -2.23. The third-order valence-corrected chi connectivity index (χ3v) is 4.21. The number of nitrogens with zero attached hydrogens (tertiary/aromatic N) is 2. The molecule has 0 N–H and O–H groups in total. The van der Waals surface area contributed by atoms with Gasteiger partial charge in [-0.1, -0.05) is 6.92 Å². The SMILES string of the molecule is CCc1ccc(C(C#N)N2CCCC2)s1. The van der Waals surface area contributed by atoms with E-state index in [0.717, 1.165) is 19.5 Å². The zero-order valence-corrected chi connectivity index (χ0v) is 9.89. The van der Waals surface area contributed by atoms with Crippen molar-refractivity contribution in [3.63, 3.8) is 0 Å². The minimum absolute atomic E-state index is 0.00204. The largest absolute Gasteiger partial charge is 0.284 e. The summed E-state index contributed by atoms with van der Waals surface area (Å²) in [5.41, 5.74) is 0. The Balaban J connectivity index is 2.15. The summed E-state index contributed by atoms with van der Waals surface area (Å²) in [6, 6.07) is 6.71. The summed E-state index contributed by atoms with van der Waals surface area (Å²) in [6.07, 6.45) is 3.55. The molecule has 0 amide bonds. The second-order valence-corrected chi connectivity index (χ2v) is 5.13. The van der Waals surface area contributed by atoms with Crippen LogP contribution in [-0.4, -0.2) is 18.0 Å². The number of aryl methyl sites for hydroxylation is 1. The number of rotatable bonds is 3. The predicted octanol–water partition coefficient (Wildman–Crippen LogP) is 2.97. The lowest BCUT2D eigenvalue weighted by Gasteiger charge is -2.19. The van der Waals surface area contributed by atoms with Crippen molar-refractivity contribution >= 4 is 11.3 Å². The molecule has 15 heavy (non-hydrogen) atoms. The van der Waals surface area contributed by atoms with Gasteiger partial charge in [0.15, 0.2) is 0 Å². The van der Waals surface area contributed by atoms with Crippen LogP contribution in [-0.2, 0) is 6.42 Å². The highest BCUT2D eigenvalue weighted by molar-refractivity contribution is 7.12. The Morgan fingerprint density at radius 1 is 1.47 bits per heavy atom. The van der Waals surface area contributed by atoms with Gasteiger partial charge in [-0.05, 0) is 44.5 Å². The molecule has 0 aliphatic carbocycles. The summed E-state index contributed by atoms with van der Waals surface area (Å²) in [4.78, 5) is 4.89. The maximum Gasteiger partial charge on any atom is 0.133 e. The Hall–Kier alpha value is -0.850. The lowest BCUT2D eigenvalue weighted by molar-refractivity contribution is 0.298. The maximum absolute atomic E-state index is 9.24. The van der Waals surface area contributed by atoms with E-state index in [9.17, 15) is 5.26 Å². The standard InChI is InChI=1S/C12H16N2S/c1-2-10-5-6-12(15-10)11(9-13)14-7-3-4-8-14/h5-6,11H,2-4,7-8H2,1H3. The van der Waals surface area contributed by atoms with Gasteiger partial charge in [-0.3, -0.25) is 4.90 Å². The molecule has 1 aliphatic rings. The highest BCUT2D eigenvalue weighted by Gasteiger charge is 2.24. The second kappa shape index (κ2) is 4.78. The quantitative estimate of drug-likeness (QED) is 0.783. The molecule has 0 aromatic carbocycles. The fourth-order valence-corrected chi connectivity index (χ4v) is 3.09. The number of thiophene rings is 1. The first-order valence-electron chi connectivity index (χ1n) is 5.57. The van der Waals surface area contributed by atoms with Crippen LogP contribution < -0.4 is 0 Å². The first-order valence-corrected chi connectivity index (χ1v) is 6.39. The molecule has 2 nitrogen and oxygen atoms in total. The Morgan fingerprint density at radius 2 is 2.20 bits per heavy atom. The van der Waals surface area contributed by atoms with Crippen molar-refractivity contribution in [1.29, 1.82) is 5.26 Å². The molecule has 1 saturated heterocycles. The van der Waals surface area contributed by atoms with Gasteiger partial charge >= 0.3 is 0 Å². The van der Waals surface area contributed by atoms with E-state index < -0.39 is 0 Å². The Bertz CT molecular complexity index is 358. The van der Waals surface area contributed by atoms with Gasteiger partial charge < -0.3 is 0 Å². The molecule has 1 atom stereocenters. The normalized spacial score (nSPS) is 18.9. The minimum atomic E-state index is -0.00204. The van der Waals surface area contributed by atoms with Crippen molar-refractivity contribution in [3.05, 3.63) is 21.9 Å². The van der Waals surface area contributed by atoms with Gasteiger partial charge in [0.25, 0.3) is 0 Å². The van der Waals surface area contributed by atoms with E-state index in [1.807, 2.05) is 0 Å². The van der Waals surface area contributed by atoms with Crippen LogP contribution in [0.25, 0.3) is 0 Å². The Morgan fingerprint density at radius 3 is 2.73 bits per heavy atom. The first-order chi connectivity index (χ1) is 7.35. The number of nitriles is 1. The van der Waals surface area contributed by atoms with Crippen LogP contribution in [0.3, 0.4) is 0 Å². The zero-order chi connectivity index (χ0) is 10.7. The van der Waals surface area contributed by atoms with Gasteiger partial charge in [-0.15, -0.1) is 11.3 Å². The molecule has 3 heteroatoms. The van der Waals surface area contributed by atoms with Crippen molar-refractivity contribution in [2.75, 3.05) is 13.1 Å². The fourth-order valence-electron chi connectivity index (χ4n) is 2.06. The van der Waals surface area contributed by atoms with Gasteiger partial charge in [-0.25, -0.2) is 0 Å². The summed E-state index contributed by atoms with van der Waals surface area (Å²) in [6.45, 7) is 4.32. The molecule has 1 aliphatic heterocycles. The van der Waals surface area contributed by atoms with Crippen molar-refractivity contribution in [1.82, 2.24) is 4.90 Å². The van der Waals surface area contributed by atoms with E-state index in [4.69, 9.17) is 0 Å². The minimum Gasteiger partial charge on any atom is -0.284 e. The zero-order valence-electron chi connectivity index (χ0n) is 9.07. The van der Waals surface area contributed by atoms with Crippen molar-refractivity contribution in [3.8, 4) is 6.07 Å². The summed E-state index contributed by atoms with van der Waals surface area (Å²) in [7, 11) is 0. The predicted molar refractivity (Wildman–Crippen MR) is 62.9 cm³/mol. The number of hydrogen-bond donors (Lipinski definition) is 0. The molecule has 1 aromatic rings. The summed E-state index contributed by atoms with van der Waals surface area (Å²) < 4.78 is 0. The van der Waals surface area contributed by atoms with Gasteiger partial charge in [-0.2, -0.15) is 5.26 Å². The van der Waals surface area contributed by atoms with Crippen LogP contribution >= 0.6 is 11.3 Å². The second-order valence-electron chi connectivity index (χ2n) is 3.93. The van der Waals surface area contributed by atoms with E-state index in [1.165, 1.54) is 22.6 Å². The third kappa shape index (κ3) is 2.22. The smallest absolute Gasteiger partial charge is 0.133 e. The molecule has 1 fully saturated rings. The summed E-state index contributed by atoms with van der Waals surface area (Å²) >= 11 is 1.79. The molecule has 1 unspecified atom stereocenters. The topological polar surface area (TPSA) is 27.0 Å². The van der Waals surface area contributed by atoms with Crippen LogP contribution in [0.2, 0.25) is 0 Å². The molecule has 0 saturated carbocycles. The van der Waals surface area contributed by atoms with Crippen LogP contribution in [0.15, 0.2) is 12.1 Å². The molecule has 1 aromatic heterocycles. The van der Waals surface area contributed by atoms with E-state index in [0.29, 0.717) is 0 Å². The van der Waals surface area contributed by atoms with E-state index >= 15 is 0 Å². The van der Waals surface area contributed by atoms with Crippen LogP contribution in [0.5, 0.6) is 0 Å². The average molecular weight is 220 g/mol. The van der Waals surface area contributed by atoms with Crippen LogP contribution in [0.1, 0.15) is 35.6 Å². The highest BCUT2D eigenvalue weighted by Crippen LogP contribution is 2.29. The Labute approximate surface area is 95.1 Å². The van der Waals surface area contributed by atoms with Crippen molar-refractivity contribution in [2.45, 2.75) is 32.2 Å². The summed E-state index contributed by atoms with van der Waals surface area (Å²) in [5, 5.41) is 9.24. The maximum atomic E-state index is 9.24. The van der Waals surface area contributed by atoms with E-state index in [-0.39, 0.29) is 6.04 Å². The molecule has 0 spiro atoms. The molecular weight excluding hydrogens is 204 g/mol. The molecule has 2 rings (SSSR count). The fraction of sp³-hybridized carbons (Fsp3) is 0.583.